The lowest BCUT2D eigenvalue weighted by atomic mass is 10.0. The number of nitrogens with zero attached hydrogens (tertiary/aromatic N) is 1. The van der Waals surface area contributed by atoms with Gasteiger partial charge in [-0.25, -0.2) is 0 Å². The van der Waals surface area contributed by atoms with Crippen LogP contribution in [0, 0.1) is 6.92 Å². The van der Waals surface area contributed by atoms with Crippen molar-refractivity contribution in [3.8, 4) is 0 Å². The van der Waals surface area contributed by atoms with E-state index in [0.29, 0.717) is 0 Å². The molecule has 102 valence electrons. The van der Waals surface area contributed by atoms with E-state index in [0.717, 1.165) is 37.6 Å². The summed E-state index contributed by atoms with van der Waals surface area (Å²) < 4.78 is 11.0. The first-order valence-corrected chi connectivity index (χ1v) is 6.77. The number of hydrogen-bond donors (Lipinski definition) is 1. The van der Waals surface area contributed by atoms with Crippen molar-refractivity contribution in [1.82, 2.24) is 4.90 Å². The molecule has 0 bridgehead atoms. The molecule has 18 heavy (non-hydrogen) atoms. The highest BCUT2D eigenvalue weighted by Gasteiger charge is 2.30. The first-order valence-electron chi connectivity index (χ1n) is 6.77. The van der Waals surface area contributed by atoms with Crippen LogP contribution in [0.4, 0.5) is 0 Å². The highest BCUT2D eigenvalue weighted by atomic mass is 16.5. The Labute approximate surface area is 109 Å². The fourth-order valence-electron chi connectivity index (χ4n) is 2.73. The standard InChI is InChI=1S/C14H24N2O2/c1-11-6-7-13(18-11)14-12(15)5-3-4-8-16(14)9-10-17-2/h6-7,12,14H,3-5,8-10,15H2,1-2H3. The maximum absolute atomic E-state index is 6.34. The van der Waals surface area contributed by atoms with Gasteiger partial charge in [-0.05, 0) is 38.4 Å². The Bertz CT molecular complexity index is 364. The molecule has 0 amide bonds. The number of rotatable bonds is 4. The molecule has 4 heteroatoms. The third kappa shape index (κ3) is 3.13. The van der Waals surface area contributed by atoms with Crippen LogP contribution in [0.15, 0.2) is 16.5 Å². The fraction of sp³-hybridized carbons (Fsp3) is 0.714. The summed E-state index contributed by atoms with van der Waals surface area (Å²) in [6.07, 6.45) is 3.46. The zero-order valence-corrected chi connectivity index (χ0v) is 11.4. The van der Waals surface area contributed by atoms with Crippen LogP contribution in [0.5, 0.6) is 0 Å². The molecule has 1 saturated heterocycles. The summed E-state index contributed by atoms with van der Waals surface area (Å²) in [6, 6.07) is 4.41. The van der Waals surface area contributed by atoms with Gasteiger partial charge in [0, 0.05) is 19.7 Å². The first kappa shape index (κ1) is 13.6. The molecule has 1 aliphatic rings. The van der Waals surface area contributed by atoms with Crippen LogP contribution in [0.3, 0.4) is 0 Å². The van der Waals surface area contributed by atoms with Crippen molar-refractivity contribution in [2.75, 3.05) is 26.8 Å². The topological polar surface area (TPSA) is 51.6 Å². The van der Waals surface area contributed by atoms with E-state index in [2.05, 4.69) is 11.0 Å². The van der Waals surface area contributed by atoms with Crippen molar-refractivity contribution in [3.63, 3.8) is 0 Å². The van der Waals surface area contributed by atoms with E-state index in [4.69, 9.17) is 14.9 Å². The SMILES string of the molecule is COCCN1CCCCC(N)C1c1ccc(C)o1. The molecule has 1 fully saturated rings. The van der Waals surface area contributed by atoms with Crippen molar-refractivity contribution in [1.29, 1.82) is 0 Å². The lowest BCUT2D eigenvalue weighted by molar-refractivity contribution is 0.105. The largest absolute Gasteiger partial charge is 0.465 e. The summed E-state index contributed by atoms with van der Waals surface area (Å²) in [7, 11) is 1.74. The highest BCUT2D eigenvalue weighted by molar-refractivity contribution is 5.12. The number of likely N-dealkylation sites (tertiary alicyclic amines) is 1. The summed E-state index contributed by atoms with van der Waals surface area (Å²) in [5, 5.41) is 0. The Morgan fingerprint density at radius 1 is 1.44 bits per heavy atom. The Hall–Kier alpha value is -0.840. The third-order valence-corrected chi connectivity index (χ3v) is 3.67. The van der Waals surface area contributed by atoms with Crippen molar-refractivity contribution in [3.05, 3.63) is 23.7 Å². The summed E-state index contributed by atoms with van der Waals surface area (Å²) in [6.45, 7) is 4.70. The van der Waals surface area contributed by atoms with Crippen LogP contribution in [0.25, 0.3) is 0 Å². The maximum atomic E-state index is 6.34. The molecule has 1 aromatic rings. The molecule has 1 aliphatic heterocycles. The van der Waals surface area contributed by atoms with Gasteiger partial charge < -0.3 is 14.9 Å². The predicted octanol–water partition coefficient (Wildman–Crippen LogP) is 2.09. The van der Waals surface area contributed by atoms with E-state index in [1.165, 1.54) is 12.8 Å². The monoisotopic (exact) mass is 252 g/mol. The van der Waals surface area contributed by atoms with Gasteiger partial charge in [-0.2, -0.15) is 0 Å². The fourth-order valence-corrected chi connectivity index (χ4v) is 2.73. The van der Waals surface area contributed by atoms with Gasteiger partial charge in [0.25, 0.3) is 0 Å². The molecule has 0 aromatic carbocycles. The molecule has 0 saturated carbocycles. The summed E-state index contributed by atoms with van der Waals surface area (Å²) in [5.74, 6) is 1.95. The van der Waals surface area contributed by atoms with Gasteiger partial charge in [0.2, 0.25) is 0 Å². The molecule has 2 atom stereocenters. The molecule has 1 aromatic heterocycles. The lowest BCUT2D eigenvalue weighted by Crippen LogP contribution is -2.41. The first-order chi connectivity index (χ1) is 8.72. The van der Waals surface area contributed by atoms with Crippen molar-refractivity contribution in [2.45, 2.75) is 38.3 Å². The van der Waals surface area contributed by atoms with Gasteiger partial charge >= 0.3 is 0 Å². The maximum Gasteiger partial charge on any atom is 0.122 e. The van der Waals surface area contributed by atoms with E-state index in [1.807, 2.05) is 13.0 Å². The van der Waals surface area contributed by atoms with Crippen LogP contribution in [-0.2, 0) is 4.74 Å². The molecular weight excluding hydrogens is 228 g/mol. The van der Waals surface area contributed by atoms with Crippen molar-refractivity contribution in [2.24, 2.45) is 5.73 Å². The number of methoxy groups -OCH3 is 1. The minimum Gasteiger partial charge on any atom is -0.465 e. The van der Waals surface area contributed by atoms with E-state index >= 15 is 0 Å². The van der Waals surface area contributed by atoms with Gasteiger partial charge in [-0.3, -0.25) is 4.90 Å². The van der Waals surface area contributed by atoms with Crippen LogP contribution >= 0.6 is 0 Å². The summed E-state index contributed by atoms with van der Waals surface area (Å²) in [5.41, 5.74) is 6.34. The second-order valence-corrected chi connectivity index (χ2v) is 5.08. The molecule has 0 radical (unpaired) electrons. The van der Waals surface area contributed by atoms with Crippen LogP contribution < -0.4 is 5.73 Å². The van der Waals surface area contributed by atoms with Crippen LogP contribution in [0.2, 0.25) is 0 Å². The van der Waals surface area contributed by atoms with Crippen molar-refractivity contribution >= 4 is 0 Å². The van der Waals surface area contributed by atoms with Gasteiger partial charge in [0.05, 0.1) is 12.6 Å². The van der Waals surface area contributed by atoms with Gasteiger partial charge in [0.1, 0.15) is 11.5 Å². The smallest absolute Gasteiger partial charge is 0.122 e. The van der Waals surface area contributed by atoms with Gasteiger partial charge in [-0.1, -0.05) is 6.42 Å². The van der Waals surface area contributed by atoms with E-state index in [9.17, 15) is 0 Å². The van der Waals surface area contributed by atoms with Crippen LogP contribution in [0.1, 0.15) is 36.8 Å². The summed E-state index contributed by atoms with van der Waals surface area (Å²) >= 11 is 0. The van der Waals surface area contributed by atoms with E-state index in [1.54, 1.807) is 7.11 Å². The average Bonchev–Trinajstić information content (AvgIpc) is 2.68. The van der Waals surface area contributed by atoms with E-state index in [-0.39, 0.29) is 12.1 Å². The summed E-state index contributed by atoms with van der Waals surface area (Å²) in [4.78, 5) is 2.40. The number of ether oxygens (including phenoxy) is 1. The second-order valence-electron chi connectivity index (χ2n) is 5.08. The minimum absolute atomic E-state index is 0.148. The van der Waals surface area contributed by atoms with Crippen molar-refractivity contribution < 1.29 is 9.15 Å². The second kappa shape index (κ2) is 6.36. The predicted molar refractivity (Wildman–Crippen MR) is 71.5 cm³/mol. The molecule has 2 N–H and O–H groups in total. The lowest BCUT2D eigenvalue weighted by Gasteiger charge is -2.31. The Balaban J connectivity index is 2.17. The zero-order valence-electron chi connectivity index (χ0n) is 11.4. The Kier molecular flexibility index (Phi) is 4.80. The van der Waals surface area contributed by atoms with Crippen LogP contribution in [-0.4, -0.2) is 37.7 Å². The molecular formula is C14H24N2O2. The molecule has 4 nitrogen and oxygen atoms in total. The number of hydrogen-bond acceptors (Lipinski definition) is 4. The number of aryl methyl sites for hydroxylation is 1. The average molecular weight is 252 g/mol. The third-order valence-electron chi connectivity index (χ3n) is 3.67. The number of nitrogens with two attached hydrogens (primary N) is 1. The van der Waals surface area contributed by atoms with Gasteiger partial charge in [0.15, 0.2) is 0 Å². The normalized spacial score (nSPS) is 26.2. The molecule has 2 unspecified atom stereocenters. The van der Waals surface area contributed by atoms with E-state index < -0.39 is 0 Å². The Morgan fingerprint density at radius 3 is 2.94 bits per heavy atom. The molecule has 0 spiro atoms. The Morgan fingerprint density at radius 2 is 2.28 bits per heavy atom. The highest BCUT2D eigenvalue weighted by Crippen LogP contribution is 2.30. The quantitative estimate of drug-likeness (QED) is 0.891. The van der Waals surface area contributed by atoms with Gasteiger partial charge in [-0.15, -0.1) is 0 Å². The molecule has 0 aliphatic carbocycles. The number of furan rings is 1. The molecule has 2 heterocycles. The molecule has 2 rings (SSSR count). The minimum atomic E-state index is 0.148. The zero-order chi connectivity index (χ0) is 13.0.